The zero-order valence-corrected chi connectivity index (χ0v) is 14.2. The van der Waals surface area contributed by atoms with Crippen LogP contribution >= 0.6 is 35.0 Å². The normalized spacial score (nSPS) is 10.9. The van der Waals surface area contributed by atoms with E-state index in [1.807, 2.05) is 31.2 Å². The summed E-state index contributed by atoms with van der Waals surface area (Å²) in [6.45, 7) is 2.01. The fourth-order valence-electron chi connectivity index (χ4n) is 1.67. The molecule has 2 aromatic rings. The van der Waals surface area contributed by atoms with Crippen molar-refractivity contribution in [3.8, 4) is 0 Å². The average Bonchev–Trinajstić information content (AvgIpc) is 2.49. The van der Waals surface area contributed by atoms with Gasteiger partial charge in [0.2, 0.25) is 5.91 Å². The Morgan fingerprint density at radius 3 is 2.77 bits per heavy atom. The van der Waals surface area contributed by atoms with Gasteiger partial charge in [-0.05, 0) is 30.7 Å². The molecule has 0 unspecified atom stereocenters. The molecule has 0 aromatic heterocycles. The molecule has 1 amide bonds. The van der Waals surface area contributed by atoms with Crippen molar-refractivity contribution < 1.29 is 4.79 Å². The van der Waals surface area contributed by atoms with Crippen LogP contribution in [0.2, 0.25) is 10.0 Å². The molecule has 0 aliphatic carbocycles. The highest BCUT2D eigenvalue weighted by Crippen LogP contribution is 2.21. The second-order valence-corrected chi connectivity index (χ2v) is 6.37. The van der Waals surface area contributed by atoms with E-state index in [9.17, 15) is 4.79 Å². The third-order valence-electron chi connectivity index (χ3n) is 2.81. The molecule has 0 fully saturated rings. The molecule has 0 aliphatic rings. The van der Waals surface area contributed by atoms with E-state index in [-0.39, 0.29) is 5.91 Å². The Bertz CT molecular complexity index is 704. The number of nitrogens with one attached hydrogen (secondary N) is 1. The van der Waals surface area contributed by atoms with Gasteiger partial charge in [0, 0.05) is 15.5 Å². The number of rotatable bonds is 5. The van der Waals surface area contributed by atoms with Crippen molar-refractivity contribution in [3.63, 3.8) is 0 Å². The summed E-state index contributed by atoms with van der Waals surface area (Å²) in [4.78, 5) is 12.8. The van der Waals surface area contributed by atoms with E-state index >= 15 is 0 Å². The molecule has 114 valence electrons. The lowest BCUT2D eigenvalue weighted by Gasteiger charge is -2.04. The summed E-state index contributed by atoms with van der Waals surface area (Å²) in [5.74, 6) is 0.130. The zero-order valence-electron chi connectivity index (χ0n) is 11.8. The van der Waals surface area contributed by atoms with E-state index in [0.29, 0.717) is 21.4 Å². The fourth-order valence-corrected chi connectivity index (χ4v) is 2.95. The summed E-state index contributed by atoms with van der Waals surface area (Å²) >= 11 is 13.3. The molecule has 0 saturated heterocycles. The van der Waals surface area contributed by atoms with E-state index in [1.165, 1.54) is 18.0 Å². The number of carbonyl (C=O) groups is 1. The Hall–Kier alpha value is -1.49. The number of aryl methyl sites for hydroxylation is 1. The average molecular weight is 353 g/mol. The van der Waals surface area contributed by atoms with Crippen molar-refractivity contribution in [2.24, 2.45) is 5.10 Å². The molecule has 0 saturated carbocycles. The lowest BCUT2D eigenvalue weighted by atomic mass is 10.2. The minimum absolute atomic E-state index is 0.172. The number of thioether (sulfide) groups is 1. The second-order valence-electron chi connectivity index (χ2n) is 4.51. The highest BCUT2D eigenvalue weighted by molar-refractivity contribution is 8.00. The molecule has 3 nitrogen and oxygen atoms in total. The monoisotopic (exact) mass is 352 g/mol. The van der Waals surface area contributed by atoms with Gasteiger partial charge in [-0.3, -0.25) is 4.79 Å². The summed E-state index contributed by atoms with van der Waals surface area (Å²) in [5, 5.41) is 4.94. The molecular formula is C16H14Cl2N2OS. The Morgan fingerprint density at radius 2 is 2.05 bits per heavy atom. The number of hydrazone groups is 1. The van der Waals surface area contributed by atoms with E-state index in [1.54, 1.807) is 18.2 Å². The van der Waals surface area contributed by atoms with E-state index in [4.69, 9.17) is 23.2 Å². The van der Waals surface area contributed by atoms with Crippen LogP contribution in [-0.4, -0.2) is 17.9 Å². The number of benzene rings is 2. The van der Waals surface area contributed by atoms with Gasteiger partial charge in [0.25, 0.3) is 0 Å². The Kier molecular flexibility index (Phi) is 6.31. The predicted octanol–water partition coefficient (Wildman–Crippen LogP) is 4.54. The minimum atomic E-state index is -0.172. The van der Waals surface area contributed by atoms with Crippen LogP contribution in [0.25, 0.3) is 0 Å². The lowest BCUT2D eigenvalue weighted by molar-refractivity contribution is -0.118. The highest BCUT2D eigenvalue weighted by atomic mass is 35.5. The number of hydrogen-bond acceptors (Lipinski definition) is 3. The molecule has 22 heavy (non-hydrogen) atoms. The Morgan fingerprint density at radius 1 is 1.27 bits per heavy atom. The molecule has 0 radical (unpaired) electrons. The van der Waals surface area contributed by atoms with Crippen molar-refractivity contribution in [2.45, 2.75) is 11.8 Å². The summed E-state index contributed by atoms with van der Waals surface area (Å²) in [6.07, 6.45) is 1.50. The summed E-state index contributed by atoms with van der Waals surface area (Å²) in [6, 6.07) is 13.0. The maximum Gasteiger partial charge on any atom is 0.250 e. The number of carbonyl (C=O) groups excluding carboxylic acids is 1. The first-order valence-electron chi connectivity index (χ1n) is 6.51. The van der Waals surface area contributed by atoms with Crippen LogP contribution in [0.5, 0.6) is 0 Å². The van der Waals surface area contributed by atoms with E-state index in [2.05, 4.69) is 10.5 Å². The van der Waals surface area contributed by atoms with Crippen LogP contribution in [0.3, 0.4) is 0 Å². The van der Waals surface area contributed by atoms with Crippen molar-refractivity contribution in [1.82, 2.24) is 5.43 Å². The van der Waals surface area contributed by atoms with Crippen LogP contribution in [0.15, 0.2) is 52.5 Å². The first kappa shape index (κ1) is 16.9. The molecule has 0 heterocycles. The summed E-state index contributed by atoms with van der Waals surface area (Å²) in [7, 11) is 0. The van der Waals surface area contributed by atoms with Gasteiger partial charge in [-0.15, -0.1) is 11.8 Å². The number of halogens is 2. The zero-order chi connectivity index (χ0) is 15.9. The molecule has 0 aliphatic heterocycles. The van der Waals surface area contributed by atoms with Gasteiger partial charge in [-0.2, -0.15) is 5.10 Å². The van der Waals surface area contributed by atoms with Crippen LogP contribution in [0.4, 0.5) is 0 Å². The van der Waals surface area contributed by atoms with Crippen LogP contribution in [0, 0.1) is 6.92 Å². The first-order chi connectivity index (χ1) is 10.6. The van der Waals surface area contributed by atoms with Gasteiger partial charge in [0.1, 0.15) is 0 Å². The molecule has 2 rings (SSSR count). The third-order valence-corrected chi connectivity index (χ3v) is 4.55. The summed E-state index contributed by atoms with van der Waals surface area (Å²) in [5.41, 5.74) is 4.32. The van der Waals surface area contributed by atoms with Crippen molar-refractivity contribution in [3.05, 3.63) is 63.6 Å². The van der Waals surface area contributed by atoms with Gasteiger partial charge in [-0.1, -0.05) is 47.5 Å². The topological polar surface area (TPSA) is 41.5 Å². The molecule has 0 spiro atoms. The van der Waals surface area contributed by atoms with E-state index < -0.39 is 0 Å². The molecule has 1 N–H and O–H groups in total. The van der Waals surface area contributed by atoms with Crippen LogP contribution in [-0.2, 0) is 4.79 Å². The smallest absolute Gasteiger partial charge is 0.250 e. The SMILES string of the molecule is Cc1ccccc1SCC(=O)N/N=C\c1ccc(Cl)cc1Cl. The number of amides is 1. The molecule has 0 bridgehead atoms. The predicted molar refractivity (Wildman–Crippen MR) is 94.1 cm³/mol. The third kappa shape index (κ3) is 5.05. The van der Waals surface area contributed by atoms with Crippen molar-refractivity contribution in [2.75, 3.05) is 5.75 Å². The first-order valence-corrected chi connectivity index (χ1v) is 8.26. The number of nitrogens with zero attached hydrogens (tertiary/aromatic N) is 1. The molecule has 0 atom stereocenters. The fraction of sp³-hybridized carbons (Fsp3) is 0.125. The lowest BCUT2D eigenvalue weighted by Crippen LogP contribution is -2.19. The van der Waals surface area contributed by atoms with Crippen molar-refractivity contribution in [1.29, 1.82) is 0 Å². The summed E-state index contributed by atoms with van der Waals surface area (Å²) < 4.78 is 0. The largest absolute Gasteiger partial charge is 0.272 e. The van der Waals surface area contributed by atoms with Gasteiger partial charge in [0.05, 0.1) is 17.0 Å². The highest BCUT2D eigenvalue weighted by Gasteiger charge is 2.03. The van der Waals surface area contributed by atoms with Gasteiger partial charge in [-0.25, -0.2) is 5.43 Å². The van der Waals surface area contributed by atoms with Gasteiger partial charge in [0.15, 0.2) is 0 Å². The maximum atomic E-state index is 11.8. The standard InChI is InChI=1S/C16H14Cl2N2OS/c1-11-4-2-3-5-15(11)22-10-16(21)20-19-9-12-6-7-13(17)8-14(12)18/h2-9H,10H2,1H3,(H,20,21)/b19-9-. The molecular weight excluding hydrogens is 339 g/mol. The Labute approximate surface area is 143 Å². The van der Waals surface area contributed by atoms with Crippen LogP contribution in [0.1, 0.15) is 11.1 Å². The maximum absolute atomic E-state index is 11.8. The van der Waals surface area contributed by atoms with Gasteiger partial charge < -0.3 is 0 Å². The van der Waals surface area contributed by atoms with Crippen molar-refractivity contribution >= 4 is 47.1 Å². The Balaban J connectivity index is 1.85. The molecule has 2 aromatic carbocycles. The van der Waals surface area contributed by atoms with Gasteiger partial charge >= 0.3 is 0 Å². The second kappa shape index (κ2) is 8.22. The number of hydrogen-bond donors (Lipinski definition) is 1. The van der Waals surface area contributed by atoms with E-state index in [0.717, 1.165) is 10.5 Å². The quantitative estimate of drug-likeness (QED) is 0.487. The minimum Gasteiger partial charge on any atom is -0.272 e. The van der Waals surface area contributed by atoms with Crippen LogP contribution < -0.4 is 5.43 Å². The molecule has 6 heteroatoms.